The van der Waals surface area contributed by atoms with Crippen molar-refractivity contribution < 1.29 is 9.59 Å². The van der Waals surface area contributed by atoms with E-state index in [1.807, 2.05) is 25.8 Å². The number of nitrogens with one attached hydrogen (secondary N) is 2. The van der Waals surface area contributed by atoms with Gasteiger partial charge in [0, 0.05) is 13.6 Å². The summed E-state index contributed by atoms with van der Waals surface area (Å²) in [6.45, 7) is 4.76. The van der Waals surface area contributed by atoms with Crippen LogP contribution in [0.1, 0.15) is 20.3 Å². The van der Waals surface area contributed by atoms with Gasteiger partial charge in [-0.15, -0.1) is 0 Å². The largest absolute Gasteiger partial charge is 0.357 e. The Morgan fingerprint density at radius 3 is 2.44 bits per heavy atom. The number of carbonyl (C=O) groups excluding carboxylic acids is 2. The van der Waals surface area contributed by atoms with Crippen molar-refractivity contribution in [3.63, 3.8) is 0 Å². The van der Waals surface area contributed by atoms with Gasteiger partial charge in [0.2, 0.25) is 11.8 Å². The topological polar surface area (TPSA) is 61.2 Å². The Morgan fingerprint density at radius 2 is 2.06 bits per heavy atom. The van der Waals surface area contributed by atoms with Crippen molar-refractivity contribution in [2.45, 2.75) is 32.4 Å². The highest BCUT2D eigenvalue weighted by Crippen LogP contribution is 2.15. The minimum Gasteiger partial charge on any atom is -0.357 e. The fourth-order valence-corrected chi connectivity index (χ4v) is 1.62. The molecule has 0 aromatic rings. The number of hydrogen-bond acceptors (Lipinski definition) is 3. The van der Waals surface area contributed by atoms with E-state index < -0.39 is 6.04 Å². The minimum absolute atomic E-state index is 0.0450. The lowest BCUT2D eigenvalue weighted by Crippen LogP contribution is -2.50. The number of amides is 2. The van der Waals surface area contributed by atoms with Crippen LogP contribution in [0.25, 0.3) is 0 Å². The molecule has 16 heavy (non-hydrogen) atoms. The Morgan fingerprint density at radius 1 is 1.50 bits per heavy atom. The van der Waals surface area contributed by atoms with Crippen molar-refractivity contribution in [1.82, 2.24) is 15.5 Å². The maximum atomic E-state index is 11.7. The van der Waals surface area contributed by atoms with E-state index in [-0.39, 0.29) is 23.8 Å². The van der Waals surface area contributed by atoms with E-state index in [0.29, 0.717) is 0 Å². The zero-order chi connectivity index (χ0) is 12.3. The molecule has 0 spiro atoms. The van der Waals surface area contributed by atoms with Gasteiger partial charge in [-0.05, 0) is 13.0 Å². The highest BCUT2D eigenvalue weighted by molar-refractivity contribution is 5.91. The molecule has 0 aromatic carbocycles. The highest BCUT2D eigenvalue weighted by Gasteiger charge is 2.39. The third-order valence-corrected chi connectivity index (χ3v) is 3.20. The van der Waals surface area contributed by atoms with Crippen LogP contribution in [-0.2, 0) is 9.59 Å². The first-order chi connectivity index (χ1) is 7.51. The molecule has 5 nitrogen and oxygen atoms in total. The first kappa shape index (κ1) is 13.0. The molecule has 0 bridgehead atoms. The summed E-state index contributed by atoms with van der Waals surface area (Å²) >= 11 is 0. The molecule has 0 saturated carbocycles. The van der Waals surface area contributed by atoms with Crippen molar-refractivity contribution >= 4 is 11.8 Å². The van der Waals surface area contributed by atoms with E-state index in [2.05, 4.69) is 10.6 Å². The second-order valence-corrected chi connectivity index (χ2v) is 4.44. The smallest absolute Gasteiger partial charge is 0.242 e. The summed E-state index contributed by atoms with van der Waals surface area (Å²) in [4.78, 5) is 25.3. The van der Waals surface area contributed by atoms with Gasteiger partial charge >= 0.3 is 0 Å². The van der Waals surface area contributed by atoms with E-state index in [1.165, 1.54) is 0 Å². The fraction of sp³-hybridized carbons (Fsp3) is 0.818. The molecule has 1 rings (SSSR count). The Labute approximate surface area is 96.6 Å². The van der Waals surface area contributed by atoms with Gasteiger partial charge in [-0.2, -0.15) is 0 Å². The van der Waals surface area contributed by atoms with Gasteiger partial charge in [-0.25, -0.2) is 0 Å². The maximum Gasteiger partial charge on any atom is 0.242 e. The number of rotatable bonds is 5. The molecule has 92 valence electrons. The number of likely N-dealkylation sites (N-methyl/N-ethyl adjacent to an activating group) is 2. The van der Waals surface area contributed by atoms with Crippen LogP contribution in [0.4, 0.5) is 0 Å². The van der Waals surface area contributed by atoms with Crippen molar-refractivity contribution in [2.24, 2.45) is 5.92 Å². The minimum atomic E-state index is -0.420. The van der Waals surface area contributed by atoms with Gasteiger partial charge in [0.1, 0.15) is 12.1 Å². The molecule has 1 aliphatic rings. The fourth-order valence-electron chi connectivity index (χ4n) is 1.62. The van der Waals surface area contributed by atoms with E-state index in [4.69, 9.17) is 0 Å². The third-order valence-electron chi connectivity index (χ3n) is 3.20. The molecule has 2 amide bonds. The predicted octanol–water partition coefficient (Wildman–Crippen LogP) is -0.423. The number of carbonyl (C=O) groups is 2. The summed E-state index contributed by atoms with van der Waals surface area (Å²) in [7, 11) is 3.48. The molecular weight excluding hydrogens is 206 g/mol. The molecule has 0 aromatic heterocycles. The second-order valence-electron chi connectivity index (χ2n) is 4.44. The van der Waals surface area contributed by atoms with E-state index in [1.54, 1.807) is 7.05 Å². The number of nitrogens with zero attached hydrogens (tertiary/aromatic N) is 1. The monoisotopic (exact) mass is 227 g/mol. The Balaban J connectivity index is 2.56. The average molecular weight is 227 g/mol. The van der Waals surface area contributed by atoms with Crippen LogP contribution in [-0.4, -0.2) is 49.4 Å². The Bertz CT molecular complexity index is 280. The summed E-state index contributed by atoms with van der Waals surface area (Å²) in [6, 6.07) is -0.465. The Hall–Kier alpha value is -1.10. The average Bonchev–Trinajstić information content (AvgIpc) is 3.01. The predicted molar refractivity (Wildman–Crippen MR) is 61.9 cm³/mol. The Kier molecular flexibility index (Phi) is 4.29. The van der Waals surface area contributed by atoms with E-state index >= 15 is 0 Å². The quantitative estimate of drug-likeness (QED) is 0.627. The molecule has 1 saturated heterocycles. The zero-order valence-corrected chi connectivity index (χ0v) is 10.4. The van der Waals surface area contributed by atoms with Crippen LogP contribution in [0.15, 0.2) is 0 Å². The summed E-state index contributed by atoms with van der Waals surface area (Å²) in [5, 5.41) is 5.41. The summed E-state index contributed by atoms with van der Waals surface area (Å²) in [5.41, 5.74) is 0. The zero-order valence-electron chi connectivity index (χ0n) is 10.4. The molecule has 2 N–H and O–H groups in total. The molecule has 0 aliphatic carbocycles. The lowest BCUT2D eigenvalue weighted by Gasteiger charge is -2.22. The first-order valence-electron chi connectivity index (χ1n) is 5.73. The standard InChI is InChI=1S/C11H21N3O2/c1-5-7(2)9(11(16)12-3)13-10(15)8-6-14(8)4/h7-9H,5-6H2,1-4H3,(H,12,16)(H,13,15)/t7-,8?,9-,14?/m0/s1. The molecule has 5 heteroatoms. The van der Waals surface area contributed by atoms with Gasteiger partial charge < -0.3 is 10.6 Å². The van der Waals surface area contributed by atoms with Crippen LogP contribution in [0, 0.1) is 5.92 Å². The molecule has 1 fully saturated rings. The van der Waals surface area contributed by atoms with Crippen LogP contribution in [0.2, 0.25) is 0 Å². The van der Waals surface area contributed by atoms with Crippen LogP contribution in [0.3, 0.4) is 0 Å². The lowest BCUT2D eigenvalue weighted by atomic mass is 9.98. The van der Waals surface area contributed by atoms with Crippen molar-refractivity contribution in [3.05, 3.63) is 0 Å². The molecule has 1 heterocycles. The SMILES string of the molecule is CC[C@H](C)[C@H](NC(=O)C1CN1C)C(=O)NC. The molecule has 0 radical (unpaired) electrons. The van der Waals surface area contributed by atoms with Crippen LogP contribution >= 0.6 is 0 Å². The van der Waals surface area contributed by atoms with Crippen molar-refractivity contribution in [2.75, 3.05) is 20.6 Å². The summed E-state index contributed by atoms with van der Waals surface area (Å²) < 4.78 is 0. The molecular formula is C11H21N3O2. The summed E-state index contributed by atoms with van der Waals surface area (Å²) in [5.74, 6) is -0.0182. The van der Waals surface area contributed by atoms with Gasteiger partial charge in [-0.3, -0.25) is 14.5 Å². The van der Waals surface area contributed by atoms with Crippen LogP contribution < -0.4 is 10.6 Å². The third kappa shape index (κ3) is 2.95. The first-order valence-corrected chi connectivity index (χ1v) is 5.73. The normalized spacial score (nSPS) is 26.8. The van der Waals surface area contributed by atoms with Gasteiger partial charge in [0.25, 0.3) is 0 Å². The molecule has 2 unspecified atom stereocenters. The molecule has 1 aliphatic heterocycles. The van der Waals surface area contributed by atoms with Gasteiger partial charge in [0.05, 0.1) is 0 Å². The van der Waals surface area contributed by atoms with Crippen molar-refractivity contribution in [1.29, 1.82) is 0 Å². The maximum absolute atomic E-state index is 11.7. The van der Waals surface area contributed by atoms with Crippen LogP contribution in [0.5, 0.6) is 0 Å². The van der Waals surface area contributed by atoms with E-state index in [0.717, 1.165) is 13.0 Å². The highest BCUT2D eigenvalue weighted by atomic mass is 16.2. The van der Waals surface area contributed by atoms with Gasteiger partial charge in [0.15, 0.2) is 0 Å². The summed E-state index contributed by atoms with van der Waals surface area (Å²) in [6.07, 6.45) is 0.860. The number of hydrogen-bond donors (Lipinski definition) is 2. The van der Waals surface area contributed by atoms with E-state index in [9.17, 15) is 9.59 Å². The lowest BCUT2D eigenvalue weighted by molar-refractivity contribution is -0.130. The van der Waals surface area contributed by atoms with Gasteiger partial charge in [-0.1, -0.05) is 20.3 Å². The molecule has 4 atom stereocenters. The van der Waals surface area contributed by atoms with Crippen molar-refractivity contribution in [3.8, 4) is 0 Å². The second kappa shape index (κ2) is 5.30.